The van der Waals surface area contributed by atoms with Crippen molar-refractivity contribution in [2.45, 2.75) is 0 Å². The number of carbonyl (C=O) groups is 2. The van der Waals surface area contributed by atoms with Gasteiger partial charge in [0.1, 0.15) is 11.3 Å². The summed E-state index contributed by atoms with van der Waals surface area (Å²) in [5, 5.41) is 4.97. The molecule has 0 unspecified atom stereocenters. The van der Waals surface area contributed by atoms with E-state index in [0.717, 1.165) is 9.86 Å². The Balaban J connectivity index is 1.64. The predicted octanol–water partition coefficient (Wildman–Crippen LogP) is 3.48. The normalized spacial score (nSPS) is 11.0. The highest BCUT2D eigenvalue weighted by molar-refractivity contribution is 9.10. The molecule has 3 aromatic rings. The second-order valence-electron chi connectivity index (χ2n) is 5.44. The maximum absolute atomic E-state index is 12.1. The minimum absolute atomic E-state index is 0.147. The Morgan fingerprint density at radius 2 is 2.07 bits per heavy atom. The first-order valence-electron chi connectivity index (χ1n) is 7.65. The molecular formula is C18H13BrClN3O4. The number of primary amides is 1. The maximum Gasteiger partial charge on any atom is 0.307 e. The van der Waals surface area contributed by atoms with E-state index in [-0.39, 0.29) is 17.4 Å². The Kier molecular flexibility index (Phi) is 5.78. The van der Waals surface area contributed by atoms with E-state index >= 15 is 0 Å². The van der Waals surface area contributed by atoms with Gasteiger partial charge in [-0.3, -0.25) is 9.59 Å². The molecule has 138 valence electrons. The van der Waals surface area contributed by atoms with Crippen LogP contribution in [0.3, 0.4) is 0 Å². The smallest absolute Gasteiger partial charge is 0.307 e. The highest BCUT2D eigenvalue weighted by atomic mass is 79.9. The second-order valence-corrected chi connectivity index (χ2v) is 6.76. The topological polar surface area (TPSA) is 107 Å². The summed E-state index contributed by atoms with van der Waals surface area (Å²) in [7, 11) is 0. The van der Waals surface area contributed by atoms with Crippen LogP contribution in [0.2, 0.25) is 5.02 Å². The van der Waals surface area contributed by atoms with Gasteiger partial charge in [-0.2, -0.15) is 5.10 Å². The third kappa shape index (κ3) is 4.87. The molecule has 2 aromatic carbocycles. The molecule has 0 aliphatic carbocycles. The summed E-state index contributed by atoms with van der Waals surface area (Å²) in [5.41, 5.74) is 8.63. The number of hydrogen-bond donors (Lipinski definition) is 2. The van der Waals surface area contributed by atoms with Crippen LogP contribution in [0.1, 0.15) is 16.1 Å². The van der Waals surface area contributed by atoms with Gasteiger partial charge in [-0.25, -0.2) is 5.43 Å². The van der Waals surface area contributed by atoms with Crippen LogP contribution in [0.5, 0.6) is 5.75 Å². The Morgan fingerprint density at radius 1 is 1.26 bits per heavy atom. The number of furan rings is 1. The number of carbonyl (C=O) groups excluding carboxylic acids is 2. The van der Waals surface area contributed by atoms with Gasteiger partial charge in [0.25, 0.3) is 5.91 Å². The molecule has 0 saturated heterocycles. The van der Waals surface area contributed by atoms with Crippen LogP contribution in [0, 0.1) is 0 Å². The van der Waals surface area contributed by atoms with Gasteiger partial charge in [0.15, 0.2) is 12.4 Å². The summed E-state index contributed by atoms with van der Waals surface area (Å²) >= 11 is 9.43. The van der Waals surface area contributed by atoms with E-state index < -0.39 is 11.8 Å². The van der Waals surface area contributed by atoms with Crippen molar-refractivity contribution in [2.75, 3.05) is 6.61 Å². The number of amides is 2. The summed E-state index contributed by atoms with van der Waals surface area (Å²) in [6, 6.07) is 11.9. The summed E-state index contributed by atoms with van der Waals surface area (Å²) in [6.45, 7) is -0.267. The van der Waals surface area contributed by atoms with E-state index in [2.05, 4.69) is 26.5 Å². The Morgan fingerprint density at radius 3 is 2.81 bits per heavy atom. The molecule has 3 rings (SSSR count). The minimum Gasteiger partial charge on any atom is -0.482 e. The van der Waals surface area contributed by atoms with Crippen LogP contribution in [-0.2, 0) is 4.79 Å². The number of rotatable bonds is 6. The average molecular weight is 451 g/mol. The largest absolute Gasteiger partial charge is 0.482 e. The second kappa shape index (κ2) is 8.24. The highest BCUT2D eigenvalue weighted by Gasteiger charge is 2.11. The molecule has 1 heterocycles. The summed E-state index contributed by atoms with van der Waals surface area (Å²) in [4.78, 5) is 22.9. The quantitative estimate of drug-likeness (QED) is 0.443. The van der Waals surface area contributed by atoms with Gasteiger partial charge in [-0.15, -0.1) is 0 Å². The molecule has 3 N–H and O–H groups in total. The van der Waals surface area contributed by atoms with Crippen LogP contribution in [0.4, 0.5) is 0 Å². The summed E-state index contributed by atoms with van der Waals surface area (Å²) in [6.07, 6.45) is 1.42. The van der Waals surface area contributed by atoms with E-state index in [1.54, 1.807) is 30.3 Å². The molecule has 1 aromatic heterocycles. The standard InChI is InChI=1S/C18H13BrClN3O4/c19-12-2-4-14-11(6-12)7-16(27-14)18(25)23-22-8-10-1-3-15(13(20)5-10)26-9-17(21)24/h1-8H,9H2,(H2,21,24)(H,23,25). The number of benzene rings is 2. The van der Waals surface area contributed by atoms with Crippen molar-refractivity contribution in [1.29, 1.82) is 0 Å². The Labute approximate surface area is 167 Å². The lowest BCUT2D eigenvalue weighted by atomic mass is 10.2. The van der Waals surface area contributed by atoms with E-state index in [1.807, 2.05) is 12.1 Å². The predicted molar refractivity (Wildman–Crippen MR) is 105 cm³/mol. The van der Waals surface area contributed by atoms with Crippen molar-refractivity contribution in [3.63, 3.8) is 0 Å². The minimum atomic E-state index is -0.600. The number of hydrazone groups is 1. The third-order valence-corrected chi connectivity index (χ3v) is 4.20. The highest BCUT2D eigenvalue weighted by Crippen LogP contribution is 2.25. The molecular weight excluding hydrogens is 438 g/mol. The fourth-order valence-corrected chi connectivity index (χ4v) is 2.83. The van der Waals surface area contributed by atoms with Crippen LogP contribution in [-0.4, -0.2) is 24.6 Å². The molecule has 0 radical (unpaired) electrons. The lowest BCUT2D eigenvalue weighted by Crippen LogP contribution is -2.20. The van der Waals surface area contributed by atoms with Crippen molar-refractivity contribution in [1.82, 2.24) is 5.43 Å². The number of halogens is 2. The zero-order valence-electron chi connectivity index (χ0n) is 13.7. The van der Waals surface area contributed by atoms with Gasteiger partial charge in [0.2, 0.25) is 0 Å². The molecule has 0 saturated carbocycles. The van der Waals surface area contributed by atoms with Gasteiger partial charge >= 0.3 is 5.91 Å². The molecule has 2 amide bonds. The van der Waals surface area contributed by atoms with Crippen LogP contribution >= 0.6 is 27.5 Å². The SMILES string of the molecule is NC(=O)COc1ccc(C=NNC(=O)c2cc3cc(Br)ccc3o2)cc1Cl. The summed E-state index contributed by atoms with van der Waals surface area (Å²) < 4.78 is 11.5. The van der Waals surface area contributed by atoms with Gasteiger partial charge in [0, 0.05) is 9.86 Å². The van der Waals surface area contributed by atoms with Crippen molar-refractivity contribution in [3.05, 3.63) is 63.3 Å². The zero-order chi connectivity index (χ0) is 19.4. The molecule has 0 spiro atoms. The Hall–Kier alpha value is -2.84. The van der Waals surface area contributed by atoms with Crippen molar-refractivity contribution in [3.8, 4) is 5.75 Å². The molecule has 0 atom stereocenters. The first-order chi connectivity index (χ1) is 12.9. The first-order valence-corrected chi connectivity index (χ1v) is 8.82. The fourth-order valence-electron chi connectivity index (χ4n) is 2.21. The van der Waals surface area contributed by atoms with Crippen molar-refractivity contribution < 1.29 is 18.7 Å². The number of hydrogen-bond acceptors (Lipinski definition) is 5. The third-order valence-electron chi connectivity index (χ3n) is 3.41. The summed E-state index contributed by atoms with van der Waals surface area (Å²) in [5.74, 6) is -0.609. The fraction of sp³-hybridized carbons (Fsp3) is 0.0556. The number of nitrogens with two attached hydrogens (primary N) is 1. The molecule has 0 fully saturated rings. The van der Waals surface area contributed by atoms with Gasteiger partial charge in [0.05, 0.1) is 11.2 Å². The molecule has 9 heteroatoms. The number of ether oxygens (including phenoxy) is 1. The maximum atomic E-state index is 12.1. The molecule has 27 heavy (non-hydrogen) atoms. The molecule has 7 nitrogen and oxygen atoms in total. The van der Waals surface area contributed by atoms with E-state index in [1.165, 1.54) is 6.21 Å². The van der Waals surface area contributed by atoms with Crippen LogP contribution in [0.25, 0.3) is 11.0 Å². The lowest BCUT2D eigenvalue weighted by Gasteiger charge is -2.06. The lowest BCUT2D eigenvalue weighted by molar-refractivity contribution is -0.119. The van der Waals surface area contributed by atoms with Crippen LogP contribution < -0.4 is 15.9 Å². The van der Waals surface area contributed by atoms with Crippen molar-refractivity contribution >= 4 is 56.5 Å². The van der Waals surface area contributed by atoms with Crippen molar-refractivity contribution in [2.24, 2.45) is 10.8 Å². The number of nitrogens with one attached hydrogen (secondary N) is 1. The van der Waals surface area contributed by atoms with Gasteiger partial charge < -0.3 is 14.9 Å². The zero-order valence-corrected chi connectivity index (χ0v) is 16.1. The van der Waals surface area contributed by atoms with Gasteiger partial charge in [-0.05, 0) is 48.0 Å². The monoisotopic (exact) mass is 449 g/mol. The van der Waals surface area contributed by atoms with E-state index in [4.69, 9.17) is 26.5 Å². The molecule has 0 bridgehead atoms. The van der Waals surface area contributed by atoms with Gasteiger partial charge in [-0.1, -0.05) is 27.5 Å². The number of nitrogens with zero attached hydrogens (tertiary/aromatic N) is 1. The van der Waals surface area contributed by atoms with E-state index in [0.29, 0.717) is 16.9 Å². The number of fused-ring (bicyclic) bond motifs is 1. The Bertz CT molecular complexity index is 1050. The first kappa shape index (κ1) is 18.9. The van der Waals surface area contributed by atoms with Crippen LogP contribution in [0.15, 0.2) is 56.5 Å². The molecule has 0 aliphatic rings. The molecule has 0 aliphatic heterocycles. The van der Waals surface area contributed by atoms with E-state index in [9.17, 15) is 9.59 Å². The average Bonchev–Trinajstić information content (AvgIpc) is 3.04.